The number of amides is 1. The van der Waals surface area contributed by atoms with E-state index in [1.54, 1.807) is 36.8 Å². The maximum absolute atomic E-state index is 14.9. The molecule has 6 nitrogen and oxygen atoms in total. The average Bonchev–Trinajstić information content (AvgIpc) is 3.11. The van der Waals surface area contributed by atoms with Gasteiger partial charge in [-0.25, -0.2) is 24.1 Å². The van der Waals surface area contributed by atoms with Crippen LogP contribution < -0.4 is 5.32 Å². The third-order valence-corrected chi connectivity index (χ3v) is 4.25. The van der Waals surface area contributed by atoms with Crippen molar-refractivity contribution in [3.63, 3.8) is 0 Å². The van der Waals surface area contributed by atoms with E-state index >= 15 is 0 Å². The molecule has 0 saturated heterocycles. The number of carbonyl (C=O) groups is 1. The van der Waals surface area contributed by atoms with E-state index in [-0.39, 0.29) is 17.9 Å². The van der Waals surface area contributed by atoms with Crippen LogP contribution in [0.25, 0.3) is 21.8 Å². The molecule has 0 aliphatic carbocycles. The summed E-state index contributed by atoms with van der Waals surface area (Å²) in [7, 11) is 0. The number of ether oxygens (including phenoxy) is 1. The fourth-order valence-corrected chi connectivity index (χ4v) is 3.07. The van der Waals surface area contributed by atoms with Crippen molar-refractivity contribution in [3.8, 4) is 21.8 Å². The van der Waals surface area contributed by atoms with Gasteiger partial charge in [-0.05, 0) is 25.1 Å². The number of rotatable bonds is 5. The summed E-state index contributed by atoms with van der Waals surface area (Å²) in [4.78, 5) is 25.1. The first-order chi connectivity index (χ1) is 12.6. The lowest BCUT2D eigenvalue weighted by molar-refractivity contribution is 0.174. The van der Waals surface area contributed by atoms with E-state index in [4.69, 9.17) is 4.74 Å². The molecule has 132 valence electrons. The molecule has 0 saturated carbocycles. The average molecular weight is 370 g/mol. The lowest BCUT2D eigenvalue weighted by Gasteiger charge is -2.10. The van der Waals surface area contributed by atoms with Gasteiger partial charge in [0.05, 0.1) is 27.5 Å². The van der Waals surface area contributed by atoms with Gasteiger partial charge in [-0.2, -0.15) is 0 Å². The predicted molar refractivity (Wildman–Crippen MR) is 98.4 cm³/mol. The largest absolute Gasteiger partial charge is 0.445 e. The lowest BCUT2D eigenvalue weighted by atomic mass is 10.1. The summed E-state index contributed by atoms with van der Waals surface area (Å²) in [5.74, 6) is 0.0173. The van der Waals surface area contributed by atoms with Crippen LogP contribution in [0.15, 0.2) is 48.6 Å². The van der Waals surface area contributed by atoms with Crippen LogP contribution in [0.5, 0.6) is 0 Å². The van der Waals surface area contributed by atoms with Gasteiger partial charge in [0.15, 0.2) is 5.82 Å². The van der Waals surface area contributed by atoms with Gasteiger partial charge >= 0.3 is 6.09 Å². The normalized spacial score (nSPS) is 10.4. The third kappa shape index (κ3) is 3.75. The minimum Gasteiger partial charge on any atom is -0.445 e. The summed E-state index contributed by atoms with van der Waals surface area (Å²) in [6.45, 7) is 5.27. The number of carbonyl (C=O) groups excluding carboxylic acids is 1. The second-order valence-corrected chi connectivity index (χ2v) is 6.05. The molecule has 2 aromatic heterocycles. The number of nitrogens with zero attached hydrogens (tertiary/aromatic N) is 3. The second kappa shape index (κ2) is 7.83. The van der Waals surface area contributed by atoms with E-state index in [2.05, 4.69) is 26.8 Å². The Balaban J connectivity index is 1.96. The predicted octanol–water partition coefficient (Wildman–Crippen LogP) is 4.45. The minimum atomic E-state index is -0.758. The molecule has 0 aliphatic rings. The van der Waals surface area contributed by atoms with Crippen molar-refractivity contribution in [2.45, 2.75) is 6.92 Å². The van der Waals surface area contributed by atoms with Gasteiger partial charge in [0.1, 0.15) is 12.4 Å². The van der Waals surface area contributed by atoms with Crippen LogP contribution in [0.1, 0.15) is 5.82 Å². The Labute approximate surface area is 153 Å². The molecule has 3 rings (SSSR count). The number of hydrogen-bond donors (Lipinski definition) is 1. The van der Waals surface area contributed by atoms with Crippen molar-refractivity contribution in [2.24, 2.45) is 0 Å². The Hall–Kier alpha value is -3.13. The third-order valence-electron chi connectivity index (χ3n) is 3.40. The number of thiazole rings is 1. The first-order valence-electron chi connectivity index (χ1n) is 7.67. The van der Waals surface area contributed by atoms with Crippen molar-refractivity contribution in [2.75, 3.05) is 11.9 Å². The molecule has 0 aliphatic heterocycles. The molecule has 0 unspecified atom stereocenters. The van der Waals surface area contributed by atoms with Gasteiger partial charge in [0.2, 0.25) is 0 Å². The summed E-state index contributed by atoms with van der Waals surface area (Å²) >= 11 is 1.35. The van der Waals surface area contributed by atoms with Crippen LogP contribution in [0.3, 0.4) is 0 Å². The topological polar surface area (TPSA) is 77.0 Å². The molecule has 3 aromatic rings. The van der Waals surface area contributed by atoms with Crippen molar-refractivity contribution in [1.29, 1.82) is 0 Å². The Bertz CT molecular complexity index is 958. The highest BCUT2D eigenvalue weighted by atomic mass is 32.1. The van der Waals surface area contributed by atoms with E-state index in [0.29, 0.717) is 17.2 Å². The summed E-state index contributed by atoms with van der Waals surface area (Å²) in [6, 6.07) is 6.43. The molecule has 1 aromatic carbocycles. The summed E-state index contributed by atoms with van der Waals surface area (Å²) in [5, 5.41) is 2.38. The zero-order valence-electron chi connectivity index (χ0n) is 13.9. The number of nitrogens with one attached hydrogen (secondary N) is 1. The first kappa shape index (κ1) is 17.7. The van der Waals surface area contributed by atoms with Crippen LogP contribution in [0.2, 0.25) is 0 Å². The molecular formula is C18H15FN4O2S. The Morgan fingerprint density at radius 1 is 1.38 bits per heavy atom. The molecule has 1 N–H and O–H groups in total. The highest BCUT2D eigenvalue weighted by molar-refractivity contribution is 7.13. The van der Waals surface area contributed by atoms with Crippen molar-refractivity contribution in [3.05, 3.63) is 60.3 Å². The van der Waals surface area contributed by atoms with E-state index in [9.17, 15) is 9.18 Å². The molecule has 0 radical (unpaired) electrons. The maximum atomic E-state index is 14.9. The molecule has 8 heteroatoms. The Kier molecular flexibility index (Phi) is 5.33. The Morgan fingerprint density at radius 2 is 2.23 bits per heavy atom. The fraction of sp³-hybridized carbons (Fsp3) is 0.111. The smallest absolute Gasteiger partial charge is 0.412 e. The van der Waals surface area contributed by atoms with Gasteiger partial charge < -0.3 is 4.74 Å². The van der Waals surface area contributed by atoms with Crippen LogP contribution in [-0.4, -0.2) is 27.7 Å². The molecule has 0 spiro atoms. The highest BCUT2D eigenvalue weighted by Crippen LogP contribution is 2.36. The molecule has 1 amide bonds. The van der Waals surface area contributed by atoms with E-state index < -0.39 is 11.9 Å². The SMILES string of the molecule is C=CCOC(=O)Nc1cccc(-c2ncsc2-c2ccnc(C)n2)c1F. The molecule has 0 atom stereocenters. The van der Waals surface area contributed by atoms with E-state index in [0.717, 1.165) is 4.88 Å². The lowest BCUT2D eigenvalue weighted by Crippen LogP contribution is -2.14. The first-order valence-corrected chi connectivity index (χ1v) is 8.55. The number of benzene rings is 1. The second-order valence-electron chi connectivity index (χ2n) is 5.20. The van der Waals surface area contributed by atoms with Crippen LogP contribution in [0, 0.1) is 12.7 Å². The monoisotopic (exact) mass is 370 g/mol. The van der Waals surface area contributed by atoms with Crippen molar-refractivity contribution < 1.29 is 13.9 Å². The number of anilines is 1. The van der Waals surface area contributed by atoms with Crippen molar-refractivity contribution in [1.82, 2.24) is 15.0 Å². The van der Waals surface area contributed by atoms with Gasteiger partial charge in [0, 0.05) is 11.8 Å². The van der Waals surface area contributed by atoms with Crippen LogP contribution >= 0.6 is 11.3 Å². The zero-order chi connectivity index (χ0) is 18.5. The molecule has 0 fully saturated rings. The zero-order valence-corrected chi connectivity index (χ0v) is 14.7. The van der Waals surface area contributed by atoms with E-state index in [1.807, 2.05) is 0 Å². The summed E-state index contributed by atoms with van der Waals surface area (Å²) in [5.41, 5.74) is 3.01. The Morgan fingerprint density at radius 3 is 3.00 bits per heavy atom. The molecule has 2 heterocycles. The van der Waals surface area contributed by atoms with Gasteiger partial charge in [-0.3, -0.25) is 5.32 Å². The molecule has 0 bridgehead atoms. The standard InChI is InChI=1S/C18H15FN4O2S/c1-3-9-25-18(24)23-13-6-4-5-12(15(13)19)16-17(26-10-21-16)14-7-8-20-11(2)22-14/h3-8,10H,1,9H2,2H3,(H,23,24). The highest BCUT2D eigenvalue weighted by Gasteiger charge is 2.19. The maximum Gasteiger partial charge on any atom is 0.412 e. The van der Waals surface area contributed by atoms with Gasteiger partial charge in [-0.1, -0.05) is 18.7 Å². The number of hydrogen-bond acceptors (Lipinski definition) is 6. The van der Waals surface area contributed by atoms with Crippen LogP contribution in [0.4, 0.5) is 14.9 Å². The van der Waals surface area contributed by atoms with Crippen LogP contribution in [-0.2, 0) is 4.74 Å². The number of halogens is 1. The fourth-order valence-electron chi connectivity index (χ4n) is 2.29. The summed E-state index contributed by atoms with van der Waals surface area (Å²) in [6.07, 6.45) is 2.31. The molecular weight excluding hydrogens is 355 g/mol. The molecule has 26 heavy (non-hydrogen) atoms. The quantitative estimate of drug-likeness (QED) is 0.672. The minimum absolute atomic E-state index is 0.00869. The van der Waals surface area contributed by atoms with Crippen molar-refractivity contribution >= 4 is 23.1 Å². The van der Waals surface area contributed by atoms with Gasteiger partial charge in [-0.15, -0.1) is 11.3 Å². The van der Waals surface area contributed by atoms with E-state index in [1.165, 1.54) is 23.5 Å². The summed E-state index contributed by atoms with van der Waals surface area (Å²) < 4.78 is 19.8. The van der Waals surface area contributed by atoms with Gasteiger partial charge in [0.25, 0.3) is 0 Å². The number of aryl methyl sites for hydroxylation is 1. The number of aromatic nitrogens is 3.